The molecule has 0 unspecified atom stereocenters. The first-order valence-electron chi connectivity index (χ1n) is 6.55. The number of Topliss-reactive ketones (excluding diaryl/α,β-unsaturated/α-hetero) is 1. The summed E-state index contributed by atoms with van der Waals surface area (Å²) in [5, 5.41) is 3.60. The first kappa shape index (κ1) is 15.2. The van der Waals surface area contributed by atoms with Crippen LogP contribution >= 0.6 is 22.9 Å². The van der Waals surface area contributed by atoms with E-state index in [0.29, 0.717) is 17.9 Å². The summed E-state index contributed by atoms with van der Waals surface area (Å²) in [6.45, 7) is 6.37. The van der Waals surface area contributed by atoms with E-state index in [1.165, 1.54) is 0 Å². The van der Waals surface area contributed by atoms with Crippen molar-refractivity contribution in [3.63, 3.8) is 0 Å². The molecule has 0 aliphatic rings. The van der Waals surface area contributed by atoms with Crippen LogP contribution in [-0.4, -0.2) is 10.8 Å². The van der Waals surface area contributed by atoms with Crippen molar-refractivity contribution in [3.8, 4) is 0 Å². The Morgan fingerprint density at radius 1 is 1.30 bits per heavy atom. The summed E-state index contributed by atoms with van der Waals surface area (Å²) in [5.41, 5.74) is 2.04. The van der Waals surface area contributed by atoms with E-state index < -0.39 is 0 Å². The van der Waals surface area contributed by atoms with Gasteiger partial charge in [-0.05, 0) is 17.7 Å². The summed E-state index contributed by atoms with van der Waals surface area (Å²) in [6, 6.07) is 7.44. The fourth-order valence-electron chi connectivity index (χ4n) is 1.84. The minimum atomic E-state index is 0.0325. The minimum absolute atomic E-state index is 0.0325. The molecule has 2 nitrogen and oxygen atoms in total. The SMILES string of the molecule is CC(C)(C)c1csc(CC(=O)Cc2cccc(Cl)c2)n1. The van der Waals surface area contributed by atoms with Gasteiger partial charge in [-0.2, -0.15) is 0 Å². The molecule has 0 aliphatic heterocycles. The summed E-state index contributed by atoms with van der Waals surface area (Å²) >= 11 is 7.48. The lowest BCUT2D eigenvalue weighted by Crippen LogP contribution is -2.12. The average molecular weight is 308 g/mol. The van der Waals surface area contributed by atoms with E-state index in [4.69, 9.17) is 11.6 Å². The van der Waals surface area contributed by atoms with E-state index in [1.54, 1.807) is 11.3 Å². The van der Waals surface area contributed by atoms with Crippen molar-refractivity contribution in [2.75, 3.05) is 0 Å². The van der Waals surface area contributed by atoms with Gasteiger partial charge in [0.05, 0.1) is 12.1 Å². The van der Waals surface area contributed by atoms with Crippen LogP contribution in [0.5, 0.6) is 0 Å². The van der Waals surface area contributed by atoms with Gasteiger partial charge < -0.3 is 0 Å². The van der Waals surface area contributed by atoms with Gasteiger partial charge in [-0.1, -0.05) is 44.5 Å². The maximum Gasteiger partial charge on any atom is 0.144 e. The van der Waals surface area contributed by atoms with Crippen molar-refractivity contribution in [1.82, 2.24) is 4.98 Å². The lowest BCUT2D eigenvalue weighted by molar-refractivity contribution is -0.117. The smallest absolute Gasteiger partial charge is 0.144 e. The number of ketones is 1. The Balaban J connectivity index is 2.00. The zero-order valence-corrected chi connectivity index (χ0v) is 13.5. The molecule has 2 rings (SSSR count). The van der Waals surface area contributed by atoms with Gasteiger partial charge in [0, 0.05) is 22.2 Å². The summed E-state index contributed by atoms with van der Waals surface area (Å²) in [7, 11) is 0. The van der Waals surface area contributed by atoms with Crippen LogP contribution in [-0.2, 0) is 23.1 Å². The summed E-state index contributed by atoms with van der Waals surface area (Å²) in [4.78, 5) is 16.6. The number of hydrogen-bond acceptors (Lipinski definition) is 3. The number of halogens is 1. The summed E-state index contributed by atoms with van der Waals surface area (Å²) in [6.07, 6.45) is 0.804. The van der Waals surface area contributed by atoms with Gasteiger partial charge in [0.1, 0.15) is 10.8 Å². The third-order valence-corrected chi connectivity index (χ3v) is 4.04. The molecule has 0 bridgehead atoms. The van der Waals surface area contributed by atoms with E-state index in [1.807, 2.05) is 29.6 Å². The molecule has 106 valence electrons. The predicted molar refractivity (Wildman–Crippen MR) is 84.7 cm³/mol. The highest BCUT2D eigenvalue weighted by atomic mass is 35.5. The zero-order chi connectivity index (χ0) is 14.8. The van der Waals surface area contributed by atoms with Crippen molar-refractivity contribution in [1.29, 1.82) is 0 Å². The first-order valence-corrected chi connectivity index (χ1v) is 7.81. The number of carbonyl (C=O) groups excluding carboxylic acids is 1. The highest BCUT2D eigenvalue weighted by Crippen LogP contribution is 2.24. The quantitative estimate of drug-likeness (QED) is 0.835. The molecule has 0 saturated heterocycles. The number of carbonyl (C=O) groups is 1. The van der Waals surface area contributed by atoms with Gasteiger partial charge in [-0.15, -0.1) is 11.3 Å². The molecule has 1 heterocycles. The third-order valence-electron chi connectivity index (χ3n) is 2.96. The maximum absolute atomic E-state index is 12.1. The molecule has 0 aliphatic carbocycles. The van der Waals surface area contributed by atoms with Gasteiger partial charge in [0.15, 0.2) is 0 Å². The zero-order valence-electron chi connectivity index (χ0n) is 11.9. The van der Waals surface area contributed by atoms with E-state index in [9.17, 15) is 4.79 Å². The molecule has 0 saturated carbocycles. The van der Waals surface area contributed by atoms with Crippen LogP contribution in [0.15, 0.2) is 29.6 Å². The number of aromatic nitrogens is 1. The maximum atomic E-state index is 12.1. The Bertz CT molecular complexity index is 613. The molecule has 1 aromatic carbocycles. The van der Waals surface area contributed by atoms with Crippen molar-refractivity contribution in [3.05, 3.63) is 50.9 Å². The average Bonchev–Trinajstić information content (AvgIpc) is 2.76. The van der Waals surface area contributed by atoms with Crippen LogP contribution in [0.1, 0.15) is 37.0 Å². The van der Waals surface area contributed by atoms with Crippen LogP contribution in [0.2, 0.25) is 5.02 Å². The molecule has 0 radical (unpaired) electrons. The normalized spacial score (nSPS) is 11.6. The third kappa shape index (κ3) is 4.15. The largest absolute Gasteiger partial charge is 0.299 e. The lowest BCUT2D eigenvalue weighted by atomic mass is 9.93. The Kier molecular flexibility index (Phi) is 4.61. The van der Waals surface area contributed by atoms with Crippen LogP contribution in [0.3, 0.4) is 0 Å². The predicted octanol–water partition coefficient (Wildman–Crippen LogP) is 4.45. The number of thiazole rings is 1. The van der Waals surface area contributed by atoms with Crippen molar-refractivity contribution in [2.45, 2.75) is 39.0 Å². The fraction of sp³-hybridized carbons (Fsp3) is 0.375. The molecule has 1 aromatic heterocycles. The molecular weight excluding hydrogens is 290 g/mol. The molecule has 0 spiro atoms. The number of rotatable bonds is 4. The minimum Gasteiger partial charge on any atom is -0.299 e. The van der Waals surface area contributed by atoms with Gasteiger partial charge in [0.2, 0.25) is 0 Å². The second kappa shape index (κ2) is 6.06. The molecule has 0 amide bonds. The van der Waals surface area contributed by atoms with Crippen molar-refractivity contribution < 1.29 is 4.79 Å². The number of benzene rings is 1. The Labute approximate surface area is 128 Å². The van der Waals surface area contributed by atoms with Crippen molar-refractivity contribution >= 4 is 28.7 Å². The van der Waals surface area contributed by atoms with E-state index >= 15 is 0 Å². The summed E-state index contributed by atoms with van der Waals surface area (Å²) < 4.78 is 0. The molecule has 0 fully saturated rings. The van der Waals surface area contributed by atoms with Gasteiger partial charge >= 0.3 is 0 Å². The van der Waals surface area contributed by atoms with Crippen LogP contribution in [0, 0.1) is 0 Å². The highest BCUT2D eigenvalue weighted by molar-refractivity contribution is 7.09. The molecule has 0 N–H and O–H groups in total. The Morgan fingerprint density at radius 3 is 2.65 bits per heavy atom. The highest BCUT2D eigenvalue weighted by Gasteiger charge is 2.18. The topological polar surface area (TPSA) is 30.0 Å². The first-order chi connectivity index (χ1) is 9.34. The van der Waals surface area contributed by atoms with Gasteiger partial charge in [-0.3, -0.25) is 4.79 Å². The molecule has 2 aromatic rings. The number of hydrogen-bond donors (Lipinski definition) is 0. The standard InChI is InChI=1S/C16H18ClNOS/c1-16(2,3)14-10-20-15(18-14)9-13(19)8-11-5-4-6-12(17)7-11/h4-7,10H,8-9H2,1-3H3. The molecule has 20 heavy (non-hydrogen) atoms. The molecular formula is C16H18ClNOS. The number of nitrogens with zero attached hydrogens (tertiary/aromatic N) is 1. The second-order valence-corrected chi connectivity index (χ2v) is 7.28. The molecule has 0 atom stereocenters. The Hall–Kier alpha value is -1.19. The monoisotopic (exact) mass is 307 g/mol. The van der Waals surface area contributed by atoms with Crippen LogP contribution < -0.4 is 0 Å². The van der Waals surface area contributed by atoms with E-state index in [-0.39, 0.29) is 11.2 Å². The molecule has 4 heteroatoms. The van der Waals surface area contributed by atoms with Gasteiger partial charge in [0.25, 0.3) is 0 Å². The summed E-state index contributed by atoms with van der Waals surface area (Å²) in [5.74, 6) is 0.169. The van der Waals surface area contributed by atoms with E-state index in [2.05, 4.69) is 25.8 Å². The van der Waals surface area contributed by atoms with Crippen LogP contribution in [0.4, 0.5) is 0 Å². The van der Waals surface area contributed by atoms with Gasteiger partial charge in [-0.25, -0.2) is 4.98 Å². The second-order valence-electron chi connectivity index (χ2n) is 5.90. The Morgan fingerprint density at radius 2 is 2.05 bits per heavy atom. The fourth-order valence-corrected chi connectivity index (χ4v) is 3.10. The lowest BCUT2D eigenvalue weighted by Gasteiger charge is -2.14. The van der Waals surface area contributed by atoms with Crippen molar-refractivity contribution in [2.24, 2.45) is 0 Å². The van der Waals surface area contributed by atoms with E-state index in [0.717, 1.165) is 16.3 Å². The van der Waals surface area contributed by atoms with Crippen LogP contribution in [0.25, 0.3) is 0 Å².